The number of pyridine rings is 1. The Morgan fingerprint density at radius 3 is 2.46 bits per heavy atom. The van der Waals surface area contributed by atoms with E-state index in [0.717, 1.165) is 14.9 Å². The normalized spacial score (nSPS) is 11.4. The van der Waals surface area contributed by atoms with Gasteiger partial charge < -0.3 is 5.73 Å². The van der Waals surface area contributed by atoms with Crippen molar-refractivity contribution >= 4 is 49.9 Å². The highest BCUT2D eigenvalue weighted by Gasteiger charge is 2.21. The summed E-state index contributed by atoms with van der Waals surface area (Å²) in [5.41, 5.74) is 9.49. The molecule has 6 rings (SSSR count). The number of hydrogen-bond acceptors (Lipinski definition) is 5. The molecule has 6 aromatic rings. The first-order valence-electron chi connectivity index (χ1n) is 10.8. The molecule has 3 aromatic carbocycles. The molecule has 170 valence electrons. The Morgan fingerprint density at radius 1 is 0.886 bits per heavy atom. The molecular weight excluding hydrogens is 525 g/mol. The summed E-state index contributed by atoms with van der Waals surface area (Å²) in [7, 11) is 0. The predicted octanol–water partition coefficient (Wildman–Crippen LogP) is 7.25. The monoisotopic (exact) mass is 541 g/mol. The van der Waals surface area contributed by atoms with Crippen LogP contribution in [0.25, 0.3) is 38.9 Å². The predicted molar refractivity (Wildman–Crippen MR) is 142 cm³/mol. The van der Waals surface area contributed by atoms with Crippen molar-refractivity contribution in [3.05, 3.63) is 102 Å². The molecule has 3 heterocycles. The molecule has 0 unspecified atom stereocenters. The Hall–Kier alpha value is -3.75. The summed E-state index contributed by atoms with van der Waals surface area (Å²) in [5, 5.41) is 1.38. The van der Waals surface area contributed by atoms with Gasteiger partial charge in [0, 0.05) is 38.3 Å². The van der Waals surface area contributed by atoms with E-state index >= 15 is 4.39 Å². The minimum atomic E-state index is -0.441. The molecule has 0 aliphatic rings. The maximum atomic E-state index is 16.0. The third-order valence-electron chi connectivity index (χ3n) is 5.70. The average molecular weight is 542 g/mol. The van der Waals surface area contributed by atoms with Crippen molar-refractivity contribution in [2.24, 2.45) is 0 Å². The third kappa shape index (κ3) is 3.94. The van der Waals surface area contributed by atoms with Gasteiger partial charge in [0.25, 0.3) is 0 Å². The second-order valence-corrected chi connectivity index (χ2v) is 9.85. The van der Waals surface area contributed by atoms with Crippen LogP contribution in [-0.2, 0) is 0 Å². The zero-order valence-electron chi connectivity index (χ0n) is 18.2. The average Bonchev–Trinajstić information content (AvgIpc) is 3.25. The Kier molecular flexibility index (Phi) is 5.47. The lowest BCUT2D eigenvalue weighted by Crippen LogP contribution is -1.97. The van der Waals surface area contributed by atoms with Crippen molar-refractivity contribution in [2.45, 2.75) is 10.1 Å². The molecule has 35 heavy (non-hydrogen) atoms. The number of fused-ring (bicyclic) bond motifs is 2. The van der Waals surface area contributed by atoms with Gasteiger partial charge >= 0.3 is 0 Å². The first kappa shape index (κ1) is 21.8. The largest absolute Gasteiger partial charge is 0.382 e. The second-order valence-electron chi connectivity index (χ2n) is 7.89. The van der Waals surface area contributed by atoms with Crippen LogP contribution in [0.5, 0.6) is 0 Å². The number of benzene rings is 3. The molecule has 0 aliphatic heterocycles. The van der Waals surface area contributed by atoms with Gasteiger partial charge in [0.15, 0.2) is 11.0 Å². The van der Waals surface area contributed by atoms with Gasteiger partial charge in [-0.25, -0.2) is 19.3 Å². The van der Waals surface area contributed by atoms with Gasteiger partial charge in [-0.1, -0.05) is 70.2 Å². The van der Waals surface area contributed by atoms with E-state index in [0.29, 0.717) is 33.0 Å². The molecule has 0 radical (unpaired) electrons. The molecule has 0 amide bonds. The summed E-state index contributed by atoms with van der Waals surface area (Å²) < 4.78 is 18.8. The molecule has 3 aromatic heterocycles. The summed E-state index contributed by atoms with van der Waals surface area (Å²) in [4.78, 5) is 14.7. The number of nitrogens with two attached hydrogens (primary N) is 1. The zero-order valence-corrected chi connectivity index (χ0v) is 20.6. The van der Waals surface area contributed by atoms with Gasteiger partial charge in [-0.15, -0.1) is 0 Å². The Balaban J connectivity index is 1.53. The van der Waals surface area contributed by atoms with Crippen LogP contribution in [0, 0.1) is 5.82 Å². The lowest BCUT2D eigenvalue weighted by Gasteiger charge is -2.08. The molecule has 5 nitrogen and oxygen atoms in total. The van der Waals surface area contributed by atoms with Gasteiger partial charge in [0.2, 0.25) is 0 Å². The van der Waals surface area contributed by atoms with Crippen LogP contribution in [0.4, 0.5) is 10.2 Å². The van der Waals surface area contributed by atoms with Crippen molar-refractivity contribution in [3.8, 4) is 22.5 Å². The number of hydrogen-bond donors (Lipinski definition) is 1. The van der Waals surface area contributed by atoms with Crippen molar-refractivity contribution in [1.29, 1.82) is 0 Å². The number of anilines is 1. The summed E-state index contributed by atoms with van der Waals surface area (Å²) in [5.74, 6) is -0.160. The summed E-state index contributed by atoms with van der Waals surface area (Å²) >= 11 is 4.93. The van der Waals surface area contributed by atoms with Crippen molar-refractivity contribution < 1.29 is 4.39 Å². The molecular formula is C27H17BrFN5S. The molecule has 0 saturated carbocycles. The molecule has 0 bridgehead atoms. The number of aromatic nitrogens is 4. The lowest BCUT2D eigenvalue weighted by atomic mass is 10.0. The molecule has 0 fully saturated rings. The lowest BCUT2D eigenvalue weighted by molar-refractivity contribution is 0.640. The SMILES string of the molecule is Nc1nccn2c(Sc3ccc(Br)cc3)nc(-c3ccc4ccc(-c5ccccc5)nc4c3F)c12. The van der Waals surface area contributed by atoms with Gasteiger partial charge in [0.1, 0.15) is 22.5 Å². The highest BCUT2D eigenvalue weighted by Crippen LogP contribution is 2.37. The summed E-state index contributed by atoms with van der Waals surface area (Å²) in [6, 6.07) is 25.0. The van der Waals surface area contributed by atoms with E-state index in [2.05, 4.69) is 25.9 Å². The second kappa shape index (κ2) is 8.79. The van der Waals surface area contributed by atoms with E-state index in [1.54, 1.807) is 18.5 Å². The first-order chi connectivity index (χ1) is 17.1. The first-order valence-corrected chi connectivity index (χ1v) is 12.4. The Bertz CT molecular complexity index is 1700. The number of halogens is 2. The van der Waals surface area contributed by atoms with E-state index < -0.39 is 5.82 Å². The number of nitrogen functional groups attached to an aromatic ring is 1. The van der Waals surface area contributed by atoms with Gasteiger partial charge in [-0.3, -0.25) is 4.40 Å². The topological polar surface area (TPSA) is 69.1 Å². The fraction of sp³-hybridized carbons (Fsp3) is 0. The van der Waals surface area contributed by atoms with Crippen LogP contribution in [0.3, 0.4) is 0 Å². The Labute approximate surface area is 213 Å². The minimum absolute atomic E-state index is 0.281. The van der Waals surface area contributed by atoms with E-state index in [-0.39, 0.29) is 11.3 Å². The summed E-state index contributed by atoms with van der Waals surface area (Å²) in [6.07, 6.45) is 3.40. The highest BCUT2D eigenvalue weighted by molar-refractivity contribution is 9.10. The highest BCUT2D eigenvalue weighted by atomic mass is 79.9. The van der Waals surface area contributed by atoms with E-state index in [4.69, 9.17) is 10.7 Å². The van der Waals surface area contributed by atoms with Crippen LogP contribution >= 0.6 is 27.7 Å². The molecule has 0 atom stereocenters. The maximum Gasteiger partial charge on any atom is 0.178 e. The zero-order chi connectivity index (χ0) is 23.9. The van der Waals surface area contributed by atoms with Crippen molar-refractivity contribution in [3.63, 3.8) is 0 Å². The molecule has 0 spiro atoms. The van der Waals surface area contributed by atoms with Crippen LogP contribution in [0.15, 0.2) is 106 Å². The van der Waals surface area contributed by atoms with E-state index in [1.165, 1.54) is 11.8 Å². The minimum Gasteiger partial charge on any atom is -0.382 e. The van der Waals surface area contributed by atoms with E-state index in [1.807, 2.05) is 77.2 Å². The number of rotatable bonds is 4. The van der Waals surface area contributed by atoms with Crippen LogP contribution in [0.1, 0.15) is 0 Å². The van der Waals surface area contributed by atoms with Gasteiger partial charge in [-0.05, 0) is 36.4 Å². The smallest absolute Gasteiger partial charge is 0.178 e. The summed E-state index contributed by atoms with van der Waals surface area (Å²) in [6.45, 7) is 0. The number of imidazole rings is 1. The van der Waals surface area contributed by atoms with Crippen molar-refractivity contribution in [2.75, 3.05) is 5.73 Å². The fourth-order valence-corrected chi connectivity index (χ4v) is 5.15. The Morgan fingerprint density at radius 2 is 1.66 bits per heavy atom. The van der Waals surface area contributed by atoms with E-state index in [9.17, 15) is 0 Å². The fourth-order valence-electron chi connectivity index (χ4n) is 4.01. The van der Waals surface area contributed by atoms with Crippen molar-refractivity contribution in [1.82, 2.24) is 19.4 Å². The van der Waals surface area contributed by atoms with Crippen LogP contribution in [-0.4, -0.2) is 19.4 Å². The molecule has 0 saturated heterocycles. The third-order valence-corrected chi connectivity index (χ3v) is 7.21. The maximum absolute atomic E-state index is 16.0. The van der Waals surface area contributed by atoms with Gasteiger partial charge in [0.05, 0.1) is 5.69 Å². The number of nitrogens with zero attached hydrogens (tertiary/aromatic N) is 4. The quantitative estimate of drug-likeness (QED) is 0.254. The standard InChI is InChI=1S/C27H17BrFN5S/c28-18-8-10-19(11-9-18)35-27-33-24(25-26(30)31-14-15-34(25)27)20-12-6-17-7-13-21(32-23(17)22(20)29)16-4-2-1-3-5-16/h1-15H,(H2,30,31). The van der Waals surface area contributed by atoms with Crippen LogP contribution < -0.4 is 5.73 Å². The van der Waals surface area contributed by atoms with Gasteiger partial charge in [-0.2, -0.15) is 0 Å². The van der Waals surface area contributed by atoms with Crippen LogP contribution in [0.2, 0.25) is 0 Å². The molecule has 2 N–H and O–H groups in total. The molecule has 8 heteroatoms. The molecule has 0 aliphatic carbocycles.